The highest BCUT2D eigenvalue weighted by Gasteiger charge is 2.18. The predicted molar refractivity (Wildman–Crippen MR) is 83.4 cm³/mol. The lowest BCUT2D eigenvalue weighted by atomic mass is 10.1. The predicted octanol–water partition coefficient (Wildman–Crippen LogP) is 5.00. The molecule has 20 heavy (non-hydrogen) atoms. The molecule has 3 nitrogen and oxygen atoms in total. The van der Waals surface area contributed by atoms with Crippen molar-refractivity contribution >= 4 is 40.0 Å². The number of benzene rings is 2. The van der Waals surface area contributed by atoms with Crippen LogP contribution in [0.5, 0.6) is 0 Å². The van der Waals surface area contributed by atoms with Crippen LogP contribution in [0.15, 0.2) is 28.7 Å². The summed E-state index contributed by atoms with van der Waals surface area (Å²) in [4.78, 5) is 4.49. The monoisotopic (exact) mass is 306 g/mol. The molecule has 1 aromatic heterocycles. The summed E-state index contributed by atoms with van der Waals surface area (Å²) in [6.45, 7) is 3.86. The smallest absolute Gasteiger partial charge is 0.229 e. The van der Waals surface area contributed by atoms with E-state index in [0.717, 1.165) is 22.2 Å². The number of rotatable bonds is 1. The van der Waals surface area contributed by atoms with Crippen molar-refractivity contribution in [1.29, 1.82) is 0 Å². The number of anilines is 1. The molecule has 0 aliphatic rings. The van der Waals surface area contributed by atoms with Crippen LogP contribution in [0.3, 0.4) is 0 Å². The fourth-order valence-corrected chi connectivity index (χ4v) is 2.80. The zero-order valence-electron chi connectivity index (χ0n) is 11.0. The standard InChI is InChI=1S/C15H12Cl2N2O/c1-7-3-4-12-11(5-7)19-15(20-12)13-8(2)14(18)10(17)6-9(13)16/h3-6H,18H2,1-2H3. The molecule has 1 heterocycles. The molecule has 2 N–H and O–H groups in total. The second-order valence-corrected chi connectivity index (χ2v) is 5.56. The van der Waals surface area contributed by atoms with Crippen molar-refractivity contribution in [3.8, 4) is 11.5 Å². The van der Waals surface area contributed by atoms with Crippen LogP contribution in [0.2, 0.25) is 10.0 Å². The summed E-state index contributed by atoms with van der Waals surface area (Å²) in [5, 5.41) is 0.910. The van der Waals surface area contributed by atoms with Crippen molar-refractivity contribution in [2.75, 3.05) is 5.73 Å². The molecule has 0 spiro atoms. The molecule has 3 rings (SSSR count). The Morgan fingerprint density at radius 2 is 1.85 bits per heavy atom. The number of nitrogen functional groups attached to an aromatic ring is 1. The number of hydrogen-bond acceptors (Lipinski definition) is 3. The first-order valence-electron chi connectivity index (χ1n) is 6.09. The van der Waals surface area contributed by atoms with Crippen LogP contribution < -0.4 is 5.73 Å². The van der Waals surface area contributed by atoms with Crippen molar-refractivity contribution < 1.29 is 4.42 Å². The van der Waals surface area contributed by atoms with Gasteiger partial charge in [-0.1, -0.05) is 29.3 Å². The molecule has 0 saturated heterocycles. The summed E-state index contributed by atoms with van der Waals surface area (Å²) >= 11 is 12.3. The minimum atomic E-state index is 0.434. The second-order valence-electron chi connectivity index (χ2n) is 4.74. The maximum atomic E-state index is 6.26. The van der Waals surface area contributed by atoms with Crippen LogP contribution >= 0.6 is 23.2 Å². The van der Waals surface area contributed by atoms with E-state index in [1.807, 2.05) is 32.0 Å². The highest BCUT2D eigenvalue weighted by atomic mass is 35.5. The van der Waals surface area contributed by atoms with Gasteiger partial charge in [-0.05, 0) is 43.2 Å². The number of oxazole rings is 1. The lowest BCUT2D eigenvalue weighted by Crippen LogP contribution is -1.95. The van der Waals surface area contributed by atoms with E-state index in [1.165, 1.54) is 0 Å². The lowest BCUT2D eigenvalue weighted by molar-refractivity contribution is 0.619. The molecule has 0 radical (unpaired) electrons. The highest BCUT2D eigenvalue weighted by Crippen LogP contribution is 2.39. The highest BCUT2D eigenvalue weighted by molar-refractivity contribution is 6.38. The van der Waals surface area contributed by atoms with Gasteiger partial charge in [-0.2, -0.15) is 0 Å². The van der Waals surface area contributed by atoms with E-state index in [2.05, 4.69) is 4.98 Å². The van der Waals surface area contributed by atoms with E-state index in [-0.39, 0.29) is 0 Å². The third-order valence-electron chi connectivity index (χ3n) is 3.29. The van der Waals surface area contributed by atoms with Crippen LogP contribution in [-0.4, -0.2) is 4.98 Å². The molecule has 0 atom stereocenters. The Labute approximate surface area is 126 Å². The van der Waals surface area contributed by atoms with Crippen molar-refractivity contribution in [3.05, 3.63) is 45.4 Å². The van der Waals surface area contributed by atoms with Crippen LogP contribution in [0.4, 0.5) is 5.69 Å². The SMILES string of the molecule is Cc1ccc2oc(-c3c(Cl)cc(Cl)c(N)c3C)nc2c1. The van der Waals surface area contributed by atoms with Crippen molar-refractivity contribution in [3.63, 3.8) is 0 Å². The fourth-order valence-electron chi connectivity index (χ4n) is 2.16. The summed E-state index contributed by atoms with van der Waals surface area (Å²) in [6.07, 6.45) is 0. The molecule has 0 saturated carbocycles. The molecule has 0 bridgehead atoms. The van der Waals surface area contributed by atoms with Crippen molar-refractivity contribution in [2.45, 2.75) is 13.8 Å². The summed E-state index contributed by atoms with van der Waals surface area (Å²) in [7, 11) is 0. The Kier molecular flexibility index (Phi) is 3.11. The van der Waals surface area contributed by atoms with Gasteiger partial charge in [-0.25, -0.2) is 4.98 Å². The van der Waals surface area contributed by atoms with Crippen LogP contribution in [0.1, 0.15) is 11.1 Å². The Morgan fingerprint density at radius 3 is 2.60 bits per heavy atom. The number of halogens is 2. The molecule has 3 aromatic rings. The van der Waals surface area contributed by atoms with Gasteiger partial charge in [0.15, 0.2) is 5.58 Å². The number of nitrogens with zero attached hydrogens (tertiary/aromatic N) is 1. The van der Waals surface area contributed by atoms with Crippen LogP contribution in [0, 0.1) is 13.8 Å². The van der Waals surface area contributed by atoms with Crippen LogP contribution in [-0.2, 0) is 0 Å². The molecule has 0 fully saturated rings. The molecule has 0 aliphatic heterocycles. The van der Waals surface area contributed by atoms with E-state index in [9.17, 15) is 0 Å². The topological polar surface area (TPSA) is 52.0 Å². The maximum Gasteiger partial charge on any atom is 0.229 e. The van der Waals surface area contributed by atoms with E-state index in [4.69, 9.17) is 33.4 Å². The number of nitrogens with two attached hydrogens (primary N) is 1. The fraction of sp³-hybridized carbons (Fsp3) is 0.133. The molecule has 2 aromatic carbocycles. The van der Waals surface area contributed by atoms with E-state index in [0.29, 0.717) is 27.2 Å². The van der Waals surface area contributed by atoms with Gasteiger partial charge in [-0.3, -0.25) is 0 Å². The summed E-state index contributed by atoms with van der Waals surface area (Å²) in [5.41, 5.74) is 10.5. The van der Waals surface area contributed by atoms with Gasteiger partial charge in [0.05, 0.1) is 21.3 Å². The Bertz CT molecular complexity index is 824. The maximum absolute atomic E-state index is 6.26. The third kappa shape index (κ3) is 2.03. The average Bonchev–Trinajstić information content (AvgIpc) is 2.78. The number of fused-ring (bicyclic) bond motifs is 1. The molecule has 0 unspecified atom stereocenters. The Hall–Kier alpha value is -1.71. The molecular formula is C15H12Cl2N2O. The zero-order valence-corrected chi connectivity index (χ0v) is 12.5. The molecule has 0 aliphatic carbocycles. The van der Waals surface area contributed by atoms with Crippen molar-refractivity contribution in [2.24, 2.45) is 0 Å². The molecular weight excluding hydrogens is 295 g/mol. The number of hydrogen-bond donors (Lipinski definition) is 1. The van der Waals surface area contributed by atoms with Gasteiger partial charge in [0.2, 0.25) is 5.89 Å². The van der Waals surface area contributed by atoms with E-state index >= 15 is 0 Å². The third-order valence-corrected chi connectivity index (χ3v) is 3.90. The zero-order chi connectivity index (χ0) is 14.4. The summed E-state index contributed by atoms with van der Waals surface area (Å²) in [5.74, 6) is 0.455. The summed E-state index contributed by atoms with van der Waals surface area (Å²) in [6, 6.07) is 7.44. The summed E-state index contributed by atoms with van der Waals surface area (Å²) < 4.78 is 5.77. The average molecular weight is 307 g/mol. The first-order valence-corrected chi connectivity index (χ1v) is 6.84. The minimum Gasteiger partial charge on any atom is -0.436 e. The van der Waals surface area contributed by atoms with E-state index < -0.39 is 0 Å². The van der Waals surface area contributed by atoms with Crippen molar-refractivity contribution in [1.82, 2.24) is 4.98 Å². The normalized spacial score (nSPS) is 11.2. The van der Waals surface area contributed by atoms with Crippen LogP contribution in [0.25, 0.3) is 22.6 Å². The Balaban J connectivity index is 2.28. The van der Waals surface area contributed by atoms with Gasteiger partial charge in [0.1, 0.15) is 5.52 Å². The largest absolute Gasteiger partial charge is 0.436 e. The molecule has 5 heteroatoms. The lowest BCUT2D eigenvalue weighted by Gasteiger charge is -2.09. The minimum absolute atomic E-state index is 0.434. The quantitative estimate of drug-likeness (QED) is 0.644. The molecule has 0 amide bonds. The first-order chi connectivity index (χ1) is 9.47. The van der Waals surface area contributed by atoms with Gasteiger partial charge < -0.3 is 10.2 Å². The second kappa shape index (κ2) is 4.69. The van der Waals surface area contributed by atoms with Gasteiger partial charge in [0, 0.05) is 0 Å². The van der Waals surface area contributed by atoms with E-state index in [1.54, 1.807) is 6.07 Å². The Morgan fingerprint density at radius 1 is 1.10 bits per heavy atom. The van der Waals surface area contributed by atoms with Gasteiger partial charge >= 0.3 is 0 Å². The number of aryl methyl sites for hydroxylation is 1. The van der Waals surface area contributed by atoms with Gasteiger partial charge in [-0.15, -0.1) is 0 Å². The first kappa shape index (κ1) is 13.3. The van der Waals surface area contributed by atoms with Gasteiger partial charge in [0.25, 0.3) is 0 Å². The molecule has 102 valence electrons. The number of aromatic nitrogens is 1.